The second kappa shape index (κ2) is 3.82. The number of aryl methyl sites for hydroxylation is 1. The zero-order chi connectivity index (χ0) is 12.0. The van der Waals surface area contributed by atoms with Gasteiger partial charge in [-0.1, -0.05) is 0 Å². The van der Waals surface area contributed by atoms with Gasteiger partial charge in [0.1, 0.15) is 5.82 Å². The molecule has 6 heteroatoms. The van der Waals surface area contributed by atoms with Crippen molar-refractivity contribution in [3.05, 3.63) is 37.6 Å². The first-order valence-corrected chi connectivity index (χ1v) is 5.61. The van der Waals surface area contributed by atoms with Crippen LogP contribution in [0.2, 0.25) is 5.28 Å². The van der Waals surface area contributed by atoms with Gasteiger partial charge in [-0.05, 0) is 46.1 Å². The summed E-state index contributed by atoms with van der Waals surface area (Å²) in [6, 6.07) is 1.47. The third kappa shape index (κ3) is 1.55. The lowest BCUT2D eigenvalue weighted by Gasteiger charge is -2.07. The predicted octanol–water partition coefficient (Wildman–Crippen LogP) is 2.80. The third-order valence-corrected chi connectivity index (χ3v) is 3.44. The van der Waals surface area contributed by atoms with Gasteiger partial charge in [-0.3, -0.25) is 9.36 Å². The number of nitrogens with zero attached hydrogens (tertiary/aromatic N) is 2. The average Bonchev–Trinajstić information content (AvgIpc) is 2.25. The van der Waals surface area contributed by atoms with Crippen LogP contribution in [0.25, 0.3) is 10.9 Å². The molecule has 2 aromatic rings. The highest BCUT2D eigenvalue weighted by Crippen LogP contribution is 2.26. The van der Waals surface area contributed by atoms with Gasteiger partial charge in [-0.2, -0.15) is 0 Å². The summed E-state index contributed by atoms with van der Waals surface area (Å²) < 4.78 is 15.0. The molecule has 0 fully saturated rings. The van der Waals surface area contributed by atoms with E-state index >= 15 is 0 Å². The van der Waals surface area contributed by atoms with Gasteiger partial charge in [0.2, 0.25) is 5.28 Å². The summed E-state index contributed by atoms with van der Waals surface area (Å²) in [6.07, 6.45) is 0. The Morgan fingerprint density at radius 3 is 2.81 bits per heavy atom. The van der Waals surface area contributed by atoms with Crippen LogP contribution < -0.4 is 5.56 Å². The molecule has 0 aliphatic rings. The highest BCUT2D eigenvalue weighted by molar-refractivity contribution is 9.10. The van der Waals surface area contributed by atoms with E-state index in [0.717, 1.165) is 0 Å². The van der Waals surface area contributed by atoms with Gasteiger partial charge in [0.05, 0.1) is 15.4 Å². The van der Waals surface area contributed by atoms with Gasteiger partial charge in [0.25, 0.3) is 5.56 Å². The van der Waals surface area contributed by atoms with E-state index in [2.05, 4.69) is 20.9 Å². The number of rotatable bonds is 0. The second-order valence-corrected chi connectivity index (χ2v) is 4.59. The number of hydrogen-bond acceptors (Lipinski definition) is 2. The maximum absolute atomic E-state index is 13.6. The summed E-state index contributed by atoms with van der Waals surface area (Å²) in [5.41, 5.74) is 0.343. The summed E-state index contributed by atoms with van der Waals surface area (Å²) in [7, 11) is 1.52. The van der Waals surface area contributed by atoms with Crippen LogP contribution in [0.4, 0.5) is 4.39 Å². The zero-order valence-corrected chi connectivity index (χ0v) is 10.9. The lowest BCUT2D eigenvalue weighted by atomic mass is 10.1. The van der Waals surface area contributed by atoms with Gasteiger partial charge < -0.3 is 0 Å². The Balaban J connectivity index is 3.09. The molecule has 0 aliphatic heterocycles. The predicted molar refractivity (Wildman–Crippen MR) is 64.4 cm³/mol. The van der Waals surface area contributed by atoms with Gasteiger partial charge in [0, 0.05) is 7.05 Å². The Kier molecular flexibility index (Phi) is 2.75. The van der Waals surface area contributed by atoms with Crippen molar-refractivity contribution in [3.63, 3.8) is 0 Å². The molecular formula is C10H7BrClFN2O. The average molecular weight is 306 g/mol. The maximum Gasteiger partial charge on any atom is 0.262 e. The number of benzene rings is 1. The molecule has 84 valence electrons. The summed E-state index contributed by atoms with van der Waals surface area (Å²) in [5, 5.41) is 0.374. The fourth-order valence-corrected chi connectivity index (χ4v) is 2.22. The van der Waals surface area contributed by atoms with Crippen LogP contribution in [0.15, 0.2) is 15.3 Å². The van der Waals surface area contributed by atoms with Crippen molar-refractivity contribution >= 4 is 38.4 Å². The highest BCUT2D eigenvalue weighted by atomic mass is 79.9. The van der Waals surface area contributed by atoms with E-state index in [0.29, 0.717) is 10.9 Å². The Morgan fingerprint density at radius 1 is 1.56 bits per heavy atom. The minimum atomic E-state index is -0.427. The fraction of sp³-hybridized carbons (Fsp3) is 0.200. The van der Waals surface area contributed by atoms with Gasteiger partial charge in [-0.15, -0.1) is 0 Å². The number of fused-ring (bicyclic) bond motifs is 1. The molecule has 2 rings (SSSR count). The van der Waals surface area contributed by atoms with Crippen molar-refractivity contribution < 1.29 is 4.39 Å². The van der Waals surface area contributed by atoms with E-state index < -0.39 is 5.82 Å². The molecular weight excluding hydrogens is 298 g/mol. The first kappa shape index (κ1) is 11.5. The molecule has 16 heavy (non-hydrogen) atoms. The SMILES string of the molecule is Cc1cc2c(=O)n(C)c(Cl)nc2c(Br)c1F. The van der Waals surface area contributed by atoms with Crippen molar-refractivity contribution in [1.82, 2.24) is 9.55 Å². The van der Waals surface area contributed by atoms with Crippen LogP contribution >= 0.6 is 27.5 Å². The summed E-state index contributed by atoms with van der Waals surface area (Å²) >= 11 is 8.85. The molecule has 0 saturated heterocycles. The van der Waals surface area contributed by atoms with E-state index in [1.54, 1.807) is 6.92 Å². The van der Waals surface area contributed by atoms with E-state index in [1.165, 1.54) is 17.7 Å². The van der Waals surface area contributed by atoms with E-state index in [-0.39, 0.29) is 20.8 Å². The second-order valence-electron chi connectivity index (χ2n) is 3.46. The van der Waals surface area contributed by atoms with E-state index in [4.69, 9.17) is 11.6 Å². The molecule has 0 bridgehead atoms. The first-order chi connectivity index (χ1) is 7.43. The quantitative estimate of drug-likeness (QED) is 0.702. The van der Waals surface area contributed by atoms with Crippen molar-refractivity contribution in [2.75, 3.05) is 0 Å². The number of aromatic nitrogens is 2. The molecule has 0 amide bonds. The number of halogens is 3. The highest BCUT2D eigenvalue weighted by Gasteiger charge is 2.14. The fourth-order valence-electron chi connectivity index (χ4n) is 1.45. The third-order valence-electron chi connectivity index (χ3n) is 2.38. The molecule has 1 heterocycles. The lowest BCUT2D eigenvalue weighted by Crippen LogP contribution is -2.19. The topological polar surface area (TPSA) is 34.9 Å². The molecule has 1 aromatic carbocycles. The van der Waals surface area contributed by atoms with Crippen LogP contribution in [0.5, 0.6) is 0 Å². The molecule has 3 nitrogen and oxygen atoms in total. The van der Waals surface area contributed by atoms with Gasteiger partial charge >= 0.3 is 0 Å². The Morgan fingerprint density at radius 2 is 2.19 bits per heavy atom. The van der Waals surface area contributed by atoms with Gasteiger partial charge in [-0.25, -0.2) is 9.37 Å². The Bertz CT molecular complexity index is 654. The molecule has 0 spiro atoms. The van der Waals surface area contributed by atoms with Crippen LogP contribution in [-0.4, -0.2) is 9.55 Å². The van der Waals surface area contributed by atoms with Crippen molar-refractivity contribution in [1.29, 1.82) is 0 Å². The summed E-state index contributed by atoms with van der Waals surface area (Å²) in [4.78, 5) is 15.8. The molecule has 0 aliphatic carbocycles. The Hall–Kier alpha value is -0.940. The summed E-state index contributed by atoms with van der Waals surface area (Å²) in [5.74, 6) is -0.427. The first-order valence-electron chi connectivity index (χ1n) is 4.44. The smallest absolute Gasteiger partial charge is 0.262 e. The van der Waals surface area contributed by atoms with Crippen molar-refractivity contribution in [2.45, 2.75) is 6.92 Å². The molecule has 0 saturated carbocycles. The zero-order valence-electron chi connectivity index (χ0n) is 8.51. The molecule has 0 unspecified atom stereocenters. The normalized spacial score (nSPS) is 11.1. The van der Waals surface area contributed by atoms with Crippen molar-refractivity contribution in [3.8, 4) is 0 Å². The minimum Gasteiger partial charge on any atom is -0.286 e. The monoisotopic (exact) mass is 304 g/mol. The van der Waals surface area contributed by atoms with Crippen LogP contribution in [-0.2, 0) is 7.05 Å². The maximum atomic E-state index is 13.6. The minimum absolute atomic E-state index is 0.0291. The Labute approximate surface area is 104 Å². The molecule has 0 atom stereocenters. The van der Waals surface area contributed by atoms with Gasteiger partial charge in [0.15, 0.2) is 0 Å². The van der Waals surface area contributed by atoms with Crippen LogP contribution in [0, 0.1) is 12.7 Å². The van der Waals surface area contributed by atoms with Crippen molar-refractivity contribution in [2.24, 2.45) is 7.05 Å². The van der Waals surface area contributed by atoms with E-state index in [1.807, 2.05) is 0 Å². The standard InChI is InChI=1S/C10H7BrClFN2O/c1-4-3-5-8(6(11)7(4)13)14-10(12)15(2)9(5)16/h3H,1-2H3. The lowest BCUT2D eigenvalue weighted by molar-refractivity contribution is 0.613. The molecule has 0 N–H and O–H groups in total. The largest absolute Gasteiger partial charge is 0.286 e. The molecule has 1 aromatic heterocycles. The van der Waals surface area contributed by atoms with Crippen LogP contribution in [0.1, 0.15) is 5.56 Å². The summed E-state index contributed by atoms with van der Waals surface area (Å²) in [6.45, 7) is 1.59. The van der Waals surface area contributed by atoms with Crippen LogP contribution in [0.3, 0.4) is 0 Å². The molecule has 0 radical (unpaired) electrons. The number of hydrogen-bond donors (Lipinski definition) is 0. The van der Waals surface area contributed by atoms with E-state index in [9.17, 15) is 9.18 Å².